The molecule has 0 spiro atoms. The molecular weight excluding hydrogens is 436 g/mol. The molecule has 0 saturated carbocycles. The van der Waals surface area contributed by atoms with Crippen LogP contribution in [-0.2, 0) is 29.0 Å². The topological polar surface area (TPSA) is 68.2 Å². The van der Waals surface area contributed by atoms with Crippen LogP contribution in [0, 0.1) is 0 Å². The molecule has 0 radical (unpaired) electrons. The Hall–Kier alpha value is -3.29. The van der Waals surface area contributed by atoms with Gasteiger partial charge in [0.2, 0.25) is 0 Å². The van der Waals surface area contributed by atoms with Crippen LogP contribution in [0.25, 0.3) is 0 Å². The molecule has 33 heavy (non-hydrogen) atoms. The highest BCUT2D eigenvalue weighted by Gasteiger charge is 2.28. The van der Waals surface area contributed by atoms with E-state index in [4.69, 9.17) is 9.47 Å². The van der Waals surface area contributed by atoms with Gasteiger partial charge in [-0.15, -0.1) is 11.3 Å². The number of carbonyl (C=O) groups is 2. The van der Waals surface area contributed by atoms with Gasteiger partial charge in [0.05, 0.1) is 24.8 Å². The fourth-order valence-electron chi connectivity index (χ4n) is 3.88. The first-order valence-corrected chi connectivity index (χ1v) is 11.7. The number of benzene rings is 2. The summed E-state index contributed by atoms with van der Waals surface area (Å²) in [6.07, 6.45) is 2.50. The lowest BCUT2D eigenvalue weighted by Crippen LogP contribution is -2.29. The van der Waals surface area contributed by atoms with E-state index >= 15 is 0 Å². The maximum absolute atomic E-state index is 12.8. The van der Waals surface area contributed by atoms with Crippen molar-refractivity contribution in [3.63, 3.8) is 0 Å². The molecule has 0 bridgehead atoms. The zero-order valence-corrected chi connectivity index (χ0v) is 19.6. The van der Waals surface area contributed by atoms with E-state index in [2.05, 4.69) is 34.2 Å². The fourth-order valence-corrected chi connectivity index (χ4v) is 5.10. The van der Waals surface area contributed by atoms with Gasteiger partial charge >= 0.3 is 11.9 Å². The van der Waals surface area contributed by atoms with Crippen LogP contribution < -0.4 is 0 Å². The van der Waals surface area contributed by atoms with Gasteiger partial charge in [-0.2, -0.15) is 0 Å². The summed E-state index contributed by atoms with van der Waals surface area (Å²) in [5, 5.41) is 0.664. The van der Waals surface area contributed by atoms with Gasteiger partial charge in [-0.05, 0) is 42.2 Å². The third-order valence-electron chi connectivity index (χ3n) is 5.51. The number of methoxy groups -OCH3 is 1. The number of hydrogen-bond acceptors (Lipinski definition) is 7. The predicted octanol–water partition coefficient (Wildman–Crippen LogP) is 5.02. The molecule has 1 aromatic heterocycles. The first-order chi connectivity index (χ1) is 16.1. The Morgan fingerprint density at radius 1 is 1.09 bits per heavy atom. The number of nitrogens with zero attached hydrogens (tertiary/aromatic N) is 2. The monoisotopic (exact) mass is 462 g/mol. The van der Waals surface area contributed by atoms with Gasteiger partial charge in [0.15, 0.2) is 0 Å². The number of hydrogen-bond donors (Lipinski definition) is 0. The Kier molecular flexibility index (Phi) is 7.32. The molecule has 6 nitrogen and oxygen atoms in total. The SMILES string of the molecule is CCOC(=O)c1c(N=Cc2ccc(C(=O)OC)cc2)sc2c1CCN(Cc1ccccc1)C2. The van der Waals surface area contributed by atoms with E-state index in [-0.39, 0.29) is 11.9 Å². The molecule has 2 aromatic carbocycles. The second-order valence-electron chi connectivity index (χ2n) is 7.72. The van der Waals surface area contributed by atoms with E-state index in [1.165, 1.54) is 12.7 Å². The van der Waals surface area contributed by atoms with E-state index in [9.17, 15) is 9.59 Å². The van der Waals surface area contributed by atoms with E-state index in [1.807, 2.05) is 13.0 Å². The summed E-state index contributed by atoms with van der Waals surface area (Å²) in [6, 6.07) is 17.4. The summed E-state index contributed by atoms with van der Waals surface area (Å²) < 4.78 is 10.1. The summed E-state index contributed by atoms with van der Waals surface area (Å²) in [5.41, 5.74) is 4.22. The van der Waals surface area contributed by atoms with Crippen LogP contribution >= 0.6 is 11.3 Å². The fraction of sp³-hybridized carbons (Fsp3) is 0.269. The second-order valence-corrected chi connectivity index (χ2v) is 8.81. The molecule has 0 amide bonds. The van der Waals surface area contributed by atoms with Gasteiger partial charge in [-0.25, -0.2) is 14.6 Å². The van der Waals surface area contributed by atoms with Gasteiger partial charge in [0.25, 0.3) is 0 Å². The van der Waals surface area contributed by atoms with Crippen molar-refractivity contribution in [2.75, 3.05) is 20.3 Å². The normalized spacial score (nSPS) is 13.6. The lowest BCUT2D eigenvalue weighted by molar-refractivity contribution is 0.0524. The molecule has 1 aliphatic heterocycles. The van der Waals surface area contributed by atoms with E-state index < -0.39 is 0 Å². The van der Waals surface area contributed by atoms with Gasteiger partial charge in [0, 0.05) is 30.7 Å². The molecule has 7 heteroatoms. The molecule has 2 heterocycles. The molecule has 170 valence electrons. The molecule has 0 fully saturated rings. The number of carbonyl (C=O) groups excluding carboxylic acids is 2. The number of ether oxygens (including phenoxy) is 2. The lowest BCUT2D eigenvalue weighted by atomic mass is 10.0. The van der Waals surface area contributed by atoms with Crippen LogP contribution in [0.2, 0.25) is 0 Å². The highest BCUT2D eigenvalue weighted by molar-refractivity contribution is 7.16. The quantitative estimate of drug-likeness (QED) is 0.364. The Morgan fingerprint density at radius 3 is 2.55 bits per heavy atom. The van der Waals surface area contributed by atoms with Crippen molar-refractivity contribution in [2.24, 2.45) is 4.99 Å². The van der Waals surface area contributed by atoms with Crippen LogP contribution in [0.4, 0.5) is 5.00 Å². The third-order valence-corrected chi connectivity index (χ3v) is 6.63. The number of aliphatic imine (C=N–C) groups is 1. The zero-order chi connectivity index (χ0) is 23.2. The zero-order valence-electron chi connectivity index (χ0n) is 18.7. The average molecular weight is 463 g/mol. The van der Waals surface area contributed by atoms with Crippen LogP contribution in [0.5, 0.6) is 0 Å². The van der Waals surface area contributed by atoms with Crippen molar-refractivity contribution >= 4 is 34.5 Å². The van der Waals surface area contributed by atoms with Crippen molar-refractivity contribution in [1.29, 1.82) is 0 Å². The number of thiophene rings is 1. The van der Waals surface area contributed by atoms with Crippen molar-refractivity contribution in [2.45, 2.75) is 26.4 Å². The summed E-state index contributed by atoms with van der Waals surface area (Å²) in [5.74, 6) is -0.700. The van der Waals surface area contributed by atoms with Gasteiger partial charge < -0.3 is 9.47 Å². The Labute approximate surface area is 197 Å². The molecule has 0 atom stereocenters. The predicted molar refractivity (Wildman–Crippen MR) is 130 cm³/mol. The average Bonchev–Trinajstić information content (AvgIpc) is 3.21. The van der Waals surface area contributed by atoms with Crippen LogP contribution in [0.3, 0.4) is 0 Å². The summed E-state index contributed by atoms with van der Waals surface area (Å²) in [6.45, 7) is 4.66. The molecule has 4 rings (SSSR count). The van der Waals surface area contributed by atoms with Gasteiger partial charge in [0.1, 0.15) is 5.00 Å². The third kappa shape index (κ3) is 5.38. The van der Waals surface area contributed by atoms with Crippen LogP contribution in [0.15, 0.2) is 59.6 Å². The number of fused-ring (bicyclic) bond motifs is 1. The first-order valence-electron chi connectivity index (χ1n) is 10.9. The smallest absolute Gasteiger partial charge is 0.341 e. The minimum absolute atomic E-state index is 0.320. The summed E-state index contributed by atoms with van der Waals surface area (Å²) >= 11 is 1.55. The maximum Gasteiger partial charge on any atom is 0.341 e. The number of rotatable bonds is 7. The van der Waals surface area contributed by atoms with Crippen LogP contribution in [0.1, 0.15) is 49.2 Å². The van der Waals surface area contributed by atoms with Crippen molar-refractivity contribution in [3.05, 3.63) is 87.3 Å². The van der Waals surface area contributed by atoms with E-state index in [1.54, 1.807) is 41.8 Å². The number of esters is 2. The first kappa shape index (κ1) is 22.9. The Balaban J connectivity index is 1.58. The van der Waals surface area contributed by atoms with Crippen molar-refractivity contribution in [1.82, 2.24) is 4.90 Å². The molecule has 0 unspecified atom stereocenters. The lowest BCUT2D eigenvalue weighted by Gasteiger charge is -2.27. The summed E-state index contributed by atoms with van der Waals surface area (Å²) in [7, 11) is 1.36. The van der Waals surface area contributed by atoms with E-state index in [0.717, 1.165) is 42.1 Å². The largest absolute Gasteiger partial charge is 0.465 e. The van der Waals surface area contributed by atoms with Gasteiger partial charge in [-0.1, -0.05) is 42.5 Å². The molecule has 0 N–H and O–H groups in total. The van der Waals surface area contributed by atoms with E-state index in [0.29, 0.717) is 22.7 Å². The second kappa shape index (κ2) is 10.6. The van der Waals surface area contributed by atoms with Gasteiger partial charge in [-0.3, -0.25) is 4.90 Å². The molecule has 0 aliphatic carbocycles. The highest BCUT2D eigenvalue weighted by atomic mass is 32.1. The van der Waals surface area contributed by atoms with Crippen molar-refractivity contribution in [3.8, 4) is 0 Å². The minimum atomic E-state index is -0.380. The minimum Gasteiger partial charge on any atom is -0.465 e. The Bertz CT molecular complexity index is 1150. The van der Waals surface area contributed by atoms with Crippen LogP contribution in [-0.4, -0.2) is 43.3 Å². The summed E-state index contributed by atoms with van der Waals surface area (Å²) in [4.78, 5) is 32.6. The molecule has 3 aromatic rings. The maximum atomic E-state index is 12.8. The highest BCUT2D eigenvalue weighted by Crippen LogP contribution is 2.39. The molecular formula is C26H26N2O4S. The standard InChI is InChI=1S/C26H26N2O4S/c1-3-32-26(30)23-21-13-14-28(16-19-7-5-4-6-8-19)17-22(21)33-24(23)27-15-18-9-11-20(12-10-18)25(29)31-2/h4-12,15H,3,13-14,16-17H2,1-2H3. The molecule has 1 aliphatic rings. The van der Waals surface area contributed by atoms with Crippen molar-refractivity contribution < 1.29 is 19.1 Å². The Morgan fingerprint density at radius 2 is 1.85 bits per heavy atom. The molecule has 0 saturated heterocycles.